The predicted molar refractivity (Wildman–Crippen MR) is 150 cm³/mol. The van der Waals surface area contributed by atoms with Gasteiger partial charge in [0.2, 0.25) is 0 Å². The molecule has 8 heteroatoms. The van der Waals surface area contributed by atoms with Gasteiger partial charge in [0.15, 0.2) is 6.10 Å². The number of hydrogen-bond acceptors (Lipinski definition) is 7. The van der Waals surface area contributed by atoms with Gasteiger partial charge in [-0.2, -0.15) is 0 Å². The Hall–Kier alpha value is -3.49. The molecule has 1 aliphatic rings. The third kappa shape index (κ3) is 6.88. The molecule has 7 nitrogen and oxygen atoms in total. The second kappa shape index (κ2) is 13.3. The van der Waals surface area contributed by atoms with E-state index in [-0.39, 0.29) is 11.2 Å². The third-order valence-corrected chi connectivity index (χ3v) is 7.77. The number of benzene rings is 3. The van der Waals surface area contributed by atoms with Crippen molar-refractivity contribution in [3.63, 3.8) is 0 Å². The highest BCUT2D eigenvalue weighted by Gasteiger charge is 2.40. The van der Waals surface area contributed by atoms with Crippen molar-refractivity contribution in [3.8, 4) is 11.5 Å². The summed E-state index contributed by atoms with van der Waals surface area (Å²) in [5.41, 5.74) is 2.95. The van der Waals surface area contributed by atoms with Crippen LogP contribution in [0.1, 0.15) is 29.7 Å². The lowest BCUT2D eigenvalue weighted by Crippen LogP contribution is -2.45. The number of thioether (sulfide) groups is 1. The summed E-state index contributed by atoms with van der Waals surface area (Å²) in [6, 6.07) is 23.5. The van der Waals surface area contributed by atoms with E-state index >= 15 is 0 Å². The van der Waals surface area contributed by atoms with E-state index in [1.54, 1.807) is 19.1 Å². The molecule has 1 amide bonds. The Bertz CT molecular complexity index is 1230. The number of nitrogens with zero attached hydrogens (tertiary/aromatic N) is 1. The lowest BCUT2D eigenvalue weighted by Gasteiger charge is -2.27. The minimum absolute atomic E-state index is 0.225. The van der Waals surface area contributed by atoms with Gasteiger partial charge >= 0.3 is 5.97 Å². The summed E-state index contributed by atoms with van der Waals surface area (Å²) in [6.07, 6.45) is 0.944. The number of hydrogen-bond donors (Lipinski definition) is 1. The molecule has 4 rings (SSSR count). The highest BCUT2D eigenvalue weighted by molar-refractivity contribution is 7.99. The zero-order valence-electron chi connectivity index (χ0n) is 22.0. The van der Waals surface area contributed by atoms with Crippen LogP contribution in [-0.4, -0.2) is 51.8 Å². The van der Waals surface area contributed by atoms with Crippen LogP contribution in [-0.2, 0) is 20.7 Å². The largest absolute Gasteiger partial charge is 0.497 e. The Kier molecular flexibility index (Phi) is 9.67. The van der Waals surface area contributed by atoms with Gasteiger partial charge < -0.3 is 24.4 Å². The van der Waals surface area contributed by atoms with Crippen molar-refractivity contribution < 1.29 is 23.8 Å². The summed E-state index contributed by atoms with van der Waals surface area (Å²) in [7, 11) is 3.29. The lowest BCUT2D eigenvalue weighted by molar-refractivity contribution is -0.152. The first-order chi connectivity index (χ1) is 18.5. The van der Waals surface area contributed by atoms with Gasteiger partial charge in [-0.25, -0.2) is 0 Å². The standard InChI is InChI=1S/C30H34N2O5S/c1-21(33)37-28-29(23-13-15-24(35-2)16-14-23)38-27-12-5-4-11-26(27)32(30(28)34)19-18-31-17-7-9-22-8-6-10-25(20-22)36-3/h4-6,8,10-16,20,28-29,31H,7,9,17-19H2,1-3H3/t28-,29+/m0/s1. The number of aryl methyl sites for hydroxylation is 1. The first-order valence-corrected chi connectivity index (χ1v) is 13.6. The molecule has 3 aromatic rings. The molecule has 200 valence electrons. The van der Waals surface area contributed by atoms with Crippen LogP contribution in [0.25, 0.3) is 0 Å². The zero-order valence-corrected chi connectivity index (χ0v) is 22.8. The van der Waals surface area contributed by atoms with E-state index in [0.717, 1.165) is 47.0 Å². The number of nitrogens with one attached hydrogen (secondary N) is 1. The van der Waals surface area contributed by atoms with Gasteiger partial charge in [-0.1, -0.05) is 36.4 Å². The monoisotopic (exact) mass is 534 g/mol. The van der Waals surface area contributed by atoms with Crippen LogP contribution in [0.15, 0.2) is 77.7 Å². The molecule has 0 unspecified atom stereocenters. The number of ether oxygens (including phenoxy) is 3. The van der Waals surface area contributed by atoms with Crippen molar-refractivity contribution in [2.45, 2.75) is 36.0 Å². The summed E-state index contributed by atoms with van der Waals surface area (Å²) in [5.74, 6) is 0.880. The molecule has 0 fully saturated rings. The quantitative estimate of drug-likeness (QED) is 0.273. The average Bonchev–Trinajstić information content (AvgIpc) is 3.05. The van der Waals surface area contributed by atoms with Crippen molar-refractivity contribution >= 4 is 29.3 Å². The fourth-order valence-corrected chi connectivity index (χ4v) is 5.82. The molecule has 1 heterocycles. The number of carbonyl (C=O) groups is 2. The molecule has 3 aromatic carbocycles. The van der Waals surface area contributed by atoms with Crippen LogP contribution < -0.4 is 19.7 Å². The topological polar surface area (TPSA) is 77.1 Å². The van der Waals surface area contributed by atoms with E-state index in [9.17, 15) is 9.59 Å². The number of rotatable bonds is 11. The number of amides is 1. The molecule has 38 heavy (non-hydrogen) atoms. The van der Waals surface area contributed by atoms with Gasteiger partial charge in [0, 0.05) is 24.9 Å². The molecule has 0 radical (unpaired) electrons. The predicted octanol–water partition coefficient (Wildman–Crippen LogP) is 5.04. The highest BCUT2D eigenvalue weighted by atomic mass is 32.2. The maximum absolute atomic E-state index is 13.9. The second-order valence-corrected chi connectivity index (χ2v) is 10.2. The molecule has 0 saturated carbocycles. The number of esters is 1. The summed E-state index contributed by atoms with van der Waals surface area (Å²) < 4.78 is 16.3. The van der Waals surface area contributed by atoms with E-state index in [0.29, 0.717) is 13.1 Å². The van der Waals surface area contributed by atoms with Crippen LogP contribution in [0.5, 0.6) is 11.5 Å². The lowest BCUT2D eigenvalue weighted by atomic mass is 10.1. The van der Waals surface area contributed by atoms with Crippen LogP contribution >= 0.6 is 11.8 Å². The SMILES string of the molecule is COc1ccc([C@H]2Sc3ccccc3N(CCNCCCc3cccc(OC)c3)C(=O)[C@H]2OC(C)=O)cc1. The molecular weight excluding hydrogens is 500 g/mol. The van der Waals surface area contributed by atoms with Crippen molar-refractivity contribution in [3.05, 3.63) is 83.9 Å². The molecule has 0 bridgehead atoms. The highest BCUT2D eigenvalue weighted by Crippen LogP contribution is 2.46. The molecule has 1 N–H and O–H groups in total. The van der Waals surface area contributed by atoms with Gasteiger partial charge in [-0.05, 0) is 66.9 Å². The van der Waals surface area contributed by atoms with Gasteiger partial charge in [-0.3, -0.25) is 9.59 Å². The van der Waals surface area contributed by atoms with Crippen LogP contribution in [0.4, 0.5) is 5.69 Å². The van der Waals surface area contributed by atoms with Crippen molar-refractivity contribution in [2.24, 2.45) is 0 Å². The fraction of sp³-hybridized carbons (Fsp3) is 0.333. The summed E-state index contributed by atoms with van der Waals surface area (Å²) in [6.45, 7) is 3.23. The number of methoxy groups -OCH3 is 2. The fourth-order valence-electron chi connectivity index (χ4n) is 4.50. The number of fused-ring (bicyclic) bond motifs is 1. The third-order valence-electron chi connectivity index (χ3n) is 6.40. The molecule has 2 atom stereocenters. The molecule has 0 spiro atoms. The van der Waals surface area contributed by atoms with E-state index in [2.05, 4.69) is 17.4 Å². The Balaban J connectivity index is 1.46. The van der Waals surface area contributed by atoms with E-state index in [1.165, 1.54) is 24.2 Å². The zero-order chi connectivity index (χ0) is 26.9. The maximum Gasteiger partial charge on any atom is 0.303 e. The van der Waals surface area contributed by atoms with E-state index in [1.807, 2.05) is 60.7 Å². The Morgan fingerprint density at radius 2 is 1.71 bits per heavy atom. The summed E-state index contributed by atoms with van der Waals surface area (Å²) in [4.78, 5) is 28.7. The minimum atomic E-state index is -0.952. The Labute approximate surface area is 228 Å². The first kappa shape index (κ1) is 27.5. The van der Waals surface area contributed by atoms with Gasteiger partial charge in [0.05, 0.1) is 25.2 Å². The first-order valence-electron chi connectivity index (χ1n) is 12.7. The molecular formula is C30H34N2O5S. The summed E-state index contributed by atoms with van der Waals surface area (Å²) in [5, 5.41) is 3.07. The van der Waals surface area contributed by atoms with Crippen LogP contribution in [0.2, 0.25) is 0 Å². The number of anilines is 1. The number of carbonyl (C=O) groups excluding carboxylic acids is 2. The van der Waals surface area contributed by atoms with E-state index in [4.69, 9.17) is 14.2 Å². The summed E-state index contributed by atoms with van der Waals surface area (Å²) >= 11 is 1.54. The van der Waals surface area contributed by atoms with Gasteiger partial charge in [0.25, 0.3) is 5.91 Å². The molecule has 0 saturated heterocycles. The van der Waals surface area contributed by atoms with Gasteiger partial charge in [0.1, 0.15) is 11.5 Å². The van der Waals surface area contributed by atoms with Gasteiger partial charge in [-0.15, -0.1) is 11.8 Å². The van der Waals surface area contributed by atoms with E-state index < -0.39 is 12.1 Å². The second-order valence-electron chi connectivity index (χ2n) is 9.00. The van der Waals surface area contributed by atoms with Crippen molar-refractivity contribution in [1.29, 1.82) is 0 Å². The molecule has 0 aromatic heterocycles. The Morgan fingerprint density at radius 1 is 0.947 bits per heavy atom. The Morgan fingerprint density at radius 3 is 2.45 bits per heavy atom. The van der Waals surface area contributed by atoms with Crippen LogP contribution in [0.3, 0.4) is 0 Å². The maximum atomic E-state index is 13.9. The van der Waals surface area contributed by atoms with Crippen LogP contribution in [0, 0.1) is 0 Å². The van der Waals surface area contributed by atoms with Crippen molar-refractivity contribution in [1.82, 2.24) is 5.32 Å². The van der Waals surface area contributed by atoms with Crippen molar-refractivity contribution in [2.75, 3.05) is 38.8 Å². The smallest absolute Gasteiger partial charge is 0.303 e. The molecule has 1 aliphatic heterocycles. The number of para-hydroxylation sites is 1. The normalized spacial score (nSPS) is 16.9. The average molecular weight is 535 g/mol. The minimum Gasteiger partial charge on any atom is -0.497 e. The molecule has 0 aliphatic carbocycles.